The molecule has 2 unspecified atom stereocenters. The van der Waals surface area contributed by atoms with Gasteiger partial charge < -0.3 is 10.4 Å². The summed E-state index contributed by atoms with van der Waals surface area (Å²) >= 11 is 0. The second kappa shape index (κ2) is 6.39. The molecule has 2 N–H and O–H groups in total. The monoisotopic (exact) mass is 255 g/mol. The molecule has 19 heavy (non-hydrogen) atoms. The van der Waals surface area contributed by atoms with Crippen LogP contribution in [0.4, 0.5) is 5.69 Å². The van der Waals surface area contributed by atoms with Gasteiger partial charge in [0.05, 0.1) is 6.10 Å². The summed E-state index contributed by atoms with van der Waals surface area (Å²) in [4.78, 5) is 0. The molecule has 0 fully saturated rings. The van der Waals surface area contributed by atoms with Gasteiger partial charge in [-0.15, -0.1) is 0 Å². The van der Waals surface area contributed by atoms with Gasteiger partial charge in [0.2, 0.25) is 0 Å². The summed E-state index contributed by atoms with van der Waals surface area (Å²) in [5.74, 6) is 0. The fraction of sp³-hybridized carbons (Fsp3) is 0.294. The highest BCUT2D eigenvalue weighted by atomic mass is 16.3. The topological polar surface area (TPSA) is 32.3 Å². The number of benzene rings is 2. The van der Waals surface area contributed by atoms with Crippen LogP contribution in [0.15, 0.2) is 54.6 Å². The summed E-state index contributed by atoms with van der Waals surface area (Å²) in [6.07, 6.45) is 0.529. The molecule has 100 valence electrons. The fourth-order valence-corrected chi connectivity index (χ4v) is 2.00. The molecular weight excluding hydrogens is 234 g/mol. The maximum Gasteiger partial charge on any atom is 0.0710 e. The molecule has 2 nitrogen and oxygen atoms in total. The van der Waals surface area contributed by atoms with Crippen molar-refractivity contribution in [2.24, 2.45) is 0 Å². The van der Waals surface area contributed by atoms with Crippen LogP contribution in [0.1, 0.15) is 25.0 Å². The van der Waals surface area contributed by atoms with Crippen molar-refractivity contribution < 1.29 is 5.11 Å². The molecule has 2 aromatic rings. The average molecular weight is 255 g/mol. The molecule has 0 aliphatic rings. The average Bonchev–Trinajstić information content (AvgIpc) is 2.42. The minimum Gasteiger partial charge on any atom is -0.391 e. The first-order chi connectivity index (χ1) is 9.16. The molecule has 0 bridgehead atoms. The van der Waals surface area contributed by atoms with Crippen molar-refractivity contribution in [1.29, 1.82) is 0 Å². The quantitative estimate of drug-likeness (QED) is 0.857. The largest absolute Gasteiger partial charge is 0.391 e. The minimum atomic E-state index is -0.371. The van der Waals surface area contributed by atoms with E-state index in [2.05, 4.69) is 47.8 Å². The fourth-order valence-electron chi connectivity index (χ4n) is 2.00. The second-order valence-electron chi connectivity index (χ2n) is 4.99. The molecule has 0 heterocycles. The maximum absolute atomic E-state index is 9.60. The molecule has 0 aliphatic carbocycles. The molecule has 2 atom stereocenters. The predicted molar refractivity (Wildman–Crippen MR) is 80.5 cm³/mol. The number of aliphatic hydroxyl groups is 1. The van der Waals surface area contributed by atoms with Crippen molar-refractivity contribution in [3.63, 3.8) is 0 Å². The molecular formula is C17H21NO. The summed E-state index contributed by atoms with van der Waals surface area (Å²) in [5, 5.41) is 13.0. The Morgan fingerprint density at radius 2 is 1.58 bits per heavy atom. The van der Waals surface area contributed by atoms with Crippen molar-refractivity contribution in [2.75, 3.05) is 5.32 Å². The lowest BCUT2D eigenvalue weighted by Gasteiger charge is -2.20. The van der Waals surface area contributed by atoms with Crippen LogP contribution in [0, 0.1) is 0 Å². The number of rotatable bonds is 5. The molecule has 0 saturated carbocycles. The van der Waals surface area contributed by atoms with Gasteiger partial charge in [-0.3, -0.25) is 0 Å². The molecule has 0 aromatic heterocycles. The van der Waals surface area contributed by atoms with Crippen molar-refractivity contribution in [2.45, 2.75) is 32.4 Å². The first-order valence-electron chi connectivity index (χ1n) is 6.73. The third-order valence-corrected chi connectivity index (χ3v) is 3.36. The van der Waals surface area contributed by atoms with E-state index in [0.29, 0.717) is 0 Å². The second-order valence-corrected chi connectivity index (χ2v) is 4.99. The minimum absolute atomic E-state index is 0.0388. The summed E-state index contributed by atoms with van der Waals surface area (Å²) in [6.45, 7) is 3.79. The standard InChI is InChI=1S/C17H21NO/c1-13(14(2)19)18-17-11-7-6-10-16(17)12-15-8-4-3-5-9-15/h3-11,13-14,18-19H,12H2,1-2H3. The van der Waals surface area contributed by atoms with Gasteiger partial charge in [-0.25, -0.2) is 0 Å². The Bertz CT molecular complexity index is 508. The summed E-state index contributed by atoms with van der Waals surface area (Å²) < 4.78 is 0. The van der Waals surface area contributed by atoms with Crippen LogP contribution in [-0.2, 0) is 6.42 Å². The third kappa shape index (κ3) is 3.83. The van der Waals surface area contributed by atoms with Gasteiger partial charge in [-0.2, -0.15) is 0 Å². The van der Waals surface area contributed by atoms with E-state index in [1.165, 1.54) is 11.1 Å². The van der Waals surface area contributed by atoms with E-state index >= 15 is 0 Å². The Labute approximate surface area is 115 Å². The Morgan fingerprint density at radius 1 is 0.947 bits per heavy atom. The van der Waals surface area contributed by atoms with E-state index in [1.807, 2.05) is 19.1 Å². The number of para-hydroxylation sites is 1. The number of aliphatic hydroxyl groups excluding tert-OH is 1. The van der Waals surface area contributed by atoms with Gasteiger partial charge in [-0.05, 0) is 37.5 Å². The molecule has 0 amide bonds. The van der Waals surface area contributed by atoms with E-state index in [0.717, 1.165) is 12.1 Å². The zero-order valence-electron chi connectivity index (χ0n) is 11.5. The molecule has 2 heteroatoms. The highest BCUT2D eigenvalue weighted by Gasteiger charge is 2.10. The molecule has 0 spiro atoms. The van der Waals surface area contributed by atoms with E-state index in [1.54, 1.807) is 6.92 Å². The number of hydrogen-bond donors (Lipinski definition) is 2. The van der Waals surface area contributed by atoms with Crippen LogP contribution in [-0.4, -0.2) is 17.3 Å². The summed E-state index contributed by atoms with van der Waals surface area (Å²) in [5.41, 5.74) is 3.64. The van der Waals surface area contributed by atoms with Crippen LogP contribution in [0.25, 0.3) is 0 Å². The zero-order chi connectivity index (χ0) is 13.7. The SMILES string of the molecule is CC(O)C(C)Nc1ccccc1Cc1ccccc1. The first kappa shape index (κ1) is 13.6. The zero-order valence-corrected chi connectivity index (χ0v) is 11.5. The van der Waals surface area contributed by atoms with Gasteiger partial charge in [0, 0.05) is 11.7 Å². The Hall–Kier alpha value is -1.80. The Balaban J connectivity index is 2.17. The van der Waals surface area contributed by atoms with Crippen molar-refractivity contribution in [3.8, 4) is 0 Å². The van der Waals surface area contributed by atoms with Crippen molar-refractivity contribution in [3.05, 3.63) is 65.7 Å². The van der Waals surface area contributed by atoms with Gasteiger partial charge >= 0.3 is 0 Å². The van der Waals surface area contributed by atoms with Gasteiger partial charge in [0.15, 0.2) is 0 Å². The smallest absolute Gasteiger partial charge is 0.0710 e. The van der Waals surface area contributed by atoms with E-state index in [9.17, 15) is 5.11 Å². The van der Waals surface area contributed by atoms with Crippen molar-refractivity contribution >= 4 is 5.69 Å². The van der Waals surface area contributed by atoms with E-state index in [-0.39, 0.29) is 12.1 Å². The van der Waals surface area contributed by atoms with E-state index < -0.39 is 0 Å². The molecule has 0 aliphatic heterocycles. The normalized spacial score (nSPS) is 13.8. The van der Waals surface area contributed by atoms with Gasteiger partial charge in [0.1, 0.15) is 0 Å². The predicted octanol–water partition coefficient (Wildman–Crippen LogP) is 3.46. The van der Waals surface area contributed by atoms with E-state index in [4.69, 9.17) is 0 Å². The number of nitrogens with one attached hydrogen (secondary N) is 1. The van der Waals surface area contributed by atoms with Crippen LogP contribution in [0.5, 0.6) is 0 Å². The lowest BCUT2D eigenvalue weighted by molar-refractivity contribution is 0.178. The maximum atomic E-state index is 9.60. The van der Waals surface area contributed by atoms with Gasteiger partial charge in [0.25, 0.3) is 0 Å². The molecule has 0 saturated heterocycles. The van der Waals surface area contributed by atoms with Crippen LogP contribution < -0.4 is 5.32 Å². The first-order valence-corrected chi connectivity index (χ1v) is 6.73. The molecule has 2 aromatic carbocycles. The highest BCUT2D eigenvalue weighted by molar-refractivity contribution is 5.53. The van der Waals surface area contributed by atoms with Crippen LogP contribution in [0.2, 0.25) is 0 Å². The third-order valence-electron chi connectivity index (χ3n) is 3.36. The number of anilines is 1. The summed E-state index contributed by atoms with van der Waals surface area (Å²) in [7, 11) is 0. The highest BCUT2D eigenvalue weighted by Crippen LogP contribution is 2.20. The van der Waals surface area contributed by atoms with Gasteiger partial charge in [-0.1, -0.05) is 48.5 Å². The lowest BCUT2D eigenvalue weighted by atomic mass is 10.0. The Morgan fingerprint density at radius 3 is 2.26 bits per heavy atom. The van der Waals surface area contributed by atoms with Crippen molar-refractivity contribution in [1.82, 2.24) is 0 Å². The molecule has 0 radical (unpaired) electrons. The van der Waals surface area contributed by atoms with Crippen LogP contribution >= 0.6 is 0 Å². The summed E-state index contributed by atoms with van der Waals surface area (Å²) in [6, 6.07) is 18.7. The number of hydrogen-bond acceptors (Lipinski definition) is 2. The Kier molecular flexibility index (Phi) is 4.58. The lowest BCUT2D eigenvalue weighted by Crippen LogP contribution is -2.28. The molecule has 2 rings (SSSR count). The van der Waals surface area contributed by atoms with Crippen LogP contribution in [0.3, 0.4) is 0 Å².